The lowest BCUT2D eigenvalue weighted by Gasteiger charge is -2.34. The maximum absolute atomic E-state index is 13.4. The maximum atomic E-state index is 13.4. The van der Waals surface area contributed by atoms with Crippen LogP contribution in [0.2, 0.25) is 0 Å². The summed E-state index contributed by atoms with van der Waals surface area (Å²) in [6.45, 7) is 5.85. The van der Waals surface area contributed by atoms with E-state index in [0.717, 1.165) is 6.42 Å². The van der Waals surface area contributed by atoms with Gasteiger partial charge in [0.05, 0.1) is 20.1 Å². The molecular formula is C22H32N2O6S. The van der Waals surface area contributed by atoms with Gasteiger partial charge in [0.25, 0.3) is 5.91 Å². The molecule has 2 heterocycles. The minimum atomic E-state index is -3.80. The lowest BCUT2D eigenvalue weighted by Crippen LogP contribution is -2.43. The van der Waals surface area contributed by atoms with Crippen LogP contribution in [0.4, 0.5) is 0 Å². The van der Waals surface area contributed by atoms with Crippen LogP contribution in [0.25, 0.3) is 0 Å². The van der Waals surface area contributed by atoms with Gasteiger partial charge in [-0.15, -0.1) is 0 Å². The number of hydrogen-bond acceptors (Lipinski definition) is 6. The number of carbonyl (C=O) groups excluding carboxylic acids is 2. The second-order valence-electron chi connectivity index (χ2n) is 8.72. The summed E-state index contributed by atoms with van der Waals surface area (Å²) in [5.74, 6) is 0.0596. The summed E-state index contributed by atoms with van der Waals surface area (Å²) >= 11 is 0. The molecule has 0 spiro atoms. The first-order valence-corrected chi connectivity index (χ1v) is 12.2. The second kappa shape index (κ2) is 9.56. The average Bonchev–Trinajstić information content (AvgIpc) is 2.77. The van der Waals surface area contributed by atoms with Crippen molar-refractivity contribution in [2.45, 2.75) is 38.0 Å². The number of hydrogen-bond donors (Lipinski definition) is 0. The van der Waals surface area contributed by atoms with Crippen LogP contribution in [-0.4, -0.2) is 69.9 Å². The minimum absolute atomic E-state index is 0.0200. The highest BCUT2D eigenvalue weighted by molar-refractivity contribution is 7.89. The van der Waals surface area contributed by atoms with Gasteiger partial charge >= 0.3 is 5.97 Å². The van der Waals surface area contributed by atoms with Crippen LogP contribution >= 0.6 is 0 Å². The van der Waals surface area contributed by atoms with E-state index in [1.807, 2.05) is 13.8 Å². The van der Waals surface area contributed by atoms with Crippen LogP contribution in [0.15, 0.2) is 23.1 Å². The van der Waals surface area contributed by atoms with Crippen LogP contribution in [0.5, 0.6) is 5.75 Å². The Balaban J connectivity index is 1.84. The number of carbonyl (C=O) groups is 2. The van der Waals surface area contributed by atoms with E-state index in [9.17, 15) is 18.0 Å². The van der Waals surface area contributed by atoms with Gasteiger partial charge < -0.3 is 14.4 Å². The molecule has 0 aliphatic carbocycles. The molecule has 2 aliphatic heterocycles. The van der Waals surface area contributed by atoms with Crippen molar-refractivity contribution in [1.82, 2.24) is 9.21 Å². The van der Waals surface area contributed by atoms with Crippen molar-refractivity contribution in [1.29, 1.82) is 0 Å². The zero-order chi connectivity index (χ0) is 22.8. The van der Waals surface area contributed by atoms with E-state index < -0.39 is 10.0 Å². The molecule has 0 N–H and O–H groups in total. The summed E-state index contributed by atoms with van der Waals surface area (Å²) in [5, 5.41) is 0. The van der Waals surface area contributed by atoms with Gasteiger partial charge in [0.1, 0.15) is 10.6 Å². The van der Waals surface area contributed by atoms with Crippen LogP contribution < -0.4 is 4.74 Å². The Kier molecular flexibility index (Phi) is 7.26. The molecule has 2 unspecified atom stereocenters. The molecule has 2 aliphatic rings. The van der Waals surface area contributed by atoms with Crippen molar-refractivity contribution < 1.29 is 27.5 Å². The Hall–Kier alpha value is -2.13. The first-order chi connectivity index (χ1) is 14.7. The summed E-state index contributed by atoms with van der Waals surface area (Å²) in [7, 11) is -1.01. The molecule has 8 nitrogen and oxygen atoms in total. The normalized spacial score (nSPS) is 23.4. The van der Waals surface area contributed by atoms with Gasteiger partial charge in [-0.1, -0.05) is 13.8 Å². The van der Waals surface area contributed by atoms with E-state index in [1.54, 1.807) is 11.0 Å². The zero-order valence-corrected chi connectivity index (χ0v) is 19.5. The molecule has 2 saturated heterocycles. The number of rotatable bonds is 5. The van der Waals surface area contributed by atoms with Crippen molar-refractivity contribution >= 4 is 21.9 Å². The molecule has 2 fully saturated rings. The third-order valence-electron chi connectivity index (χ3n) is 6.18. The van der Waals surface area contributed by atoms with Gasteiger partial charge in [-0.05, 0) is 49.3 Å². The molecule has 31 heavy (non-hydrogen) atoms. The first-order valence-electron chi connectivity index (χ1n) is 10.7. The van der Waals surface area contributed by atoms with E-state index >= 15 is 0 Å². The molecule has 2 atom stereocenters. The molecule has 1 amide bonds. The van der Waals surface area contributed by atoms with Crippen LogP contribution in [0.3, 0.4) is 0 Å². The number of esters is 1. The predicted molar refractivity (Wildman–Crippen MR) is 115 cm³/mol. The lowest BCUT2D eigenvalue weighted by molar-refractivity contribution is -0.146. The van der Waals surface area contributed by atoms with E-state index in [-0.39, 0.29) is 40.3 Å². The fourth-order valence-electron chi connectivity index (χ4n) is 4.62. The van der Waals surface area contributed by atoms with E-state index in [4.69, 9.17) is 9.47 Å². The number of ether oxygens (including phenoxy) is 2. The SMILES string of the molecule is COC(=O)C1CCN(C(=O)c2ccc(OC)c(S(=O)(=O)N3CC(C)CC(C)C3)c2)CC1. The largest absolute Gasteiger partial charge is 0.495 e. The van der Waals surface area contributed by atoms with E-state index in [1.165, 1.54) is 30.7 Å². The van der Waals surface area contributed by atoms with Crippen molar-refractivity contribution in [3.8, 4) is 5.75 Å². The Morgan fingerprint density at radius 1 is 1.03 bits per heavy atom. The van der Waals surface area contributed by atoms with Gasteiger partial charge in [-0.2, -0.15) is 4.31 Å². The third-order valence-corrected chi connectivity index (χ3v) is 8.03. The molecule has 1 aromatic carbocycles. The smallest absolute Gasteiger partial charge is 0.308 e. The molecule has 0 radical (unpaired) electrons. The molecule has 9 heteroatoms. The number of likely N-dealkylation sites (tertiary alicyclic amines) is 1. The molecule has 0 bridgehead atoms. The fraction of sp³-hybridized carbons (Fsp3) is 0.636. The number of methoxy groups -OCH3 is 2. The summed E-state index contributed by atoms with van der Waals surface area (Å²) in [4.78, 5) is 26.5. The quantitative estimate of drug-likeness (QED) is 0.637. The second-order valence-corrected chi connectivity index (χ2v) is 10.6. The summed E-state index contributed by atoms with van der Waals surface area (Å²) in [6, 6.07) is 4.55. The maximum Gasteiger partial charge on any atom is 0.308 e. The van der Waals surface area contributed by atoms with Crippen LogP contribution in [0.1, 0.15) is 43.5 Å². The molecular weight excluding hydrogens is 420 g/mol. The number of benzene rings is 1. The summed E-state index contributed by atoms with van der Waals surface area (Å²) in [6.07, 6.45) is 2.05. The minimum Gasteiger partial charge on any atom is -0.495 e. The zero-order valence-electron chi connectivity index (χ0n) is 18.7. The Labute approximate surface area is 184 Å². The average molecular weight is 453 g/mol. The highest BCUT2D eigenvalue weighted by atomic mass is 32.2. The molecule has 0 saturated carbocycles. The highest BCUT2D eigenvalue weighted by Crippen LogP contribution is 2.32. The van der Waals surface area contributed by atoms with Gasteiger partial charge in [0.2, 0.25) is 10.0 Å². The van der Waals surface area contributed by atoms with Crippen molar-refractivity contribution in [2.24, 2.45) is 17.8 Å². The predicted octanol–water partition coefficient (Wildman–Crippen LogP) is 2.39. The van der Waals surface area contributed by atoms with Gasteiger partial charge in [-0.25, -0.2) is 8.42 Å². The third kappa shape index (κ3) is 5.03. The number of nitrogens with zero attached hydrogens (tertiary/aromatic N) is 2. The molecule has 0 aromatic heterocycles. The van der Waals surface area contributed by atoms with Gasteiger partial charge in [0, 0.05) is 31.7 Å². The van der Waals surface area contributed by atoms with Crippen molar-refractivity contribution in [2.75, 3.05) is 40.4 Å². The van der Waals surface area contributed by atoms with Crippen LogP contribution in [0, 0.1) is 17.8 Å². The number of sulfonamides is 1. The summed E-state index contributed by atoms with van der Waals surface area (Å²) in [5.41, 5.74) is 0.300. The topological polar surface area (TPSA) is 93.2 Å². The Morgan fingerprint density at radius 2 is 1.65 bits per heavy atom. The Bertz CT molecular complexity index is 914. The van der Waals surface area contributed by atoms with E-state index in [0.29, 0.717) is 44.6 Å². The number of amides is 1. The fourth-order valence-corrected chi connectivity index (χ4v) is 6.48. The van der Waals surface area contributed by atoms with Crippen molar-refractivity contribution in [3.63, 3.8) is 0 Å². The lowest BCUT2D eigenvalue weighted by atomic mass is 9.94. The molecule has 1 aromatic rings. The summed E-state index contributed by atoms with van der Waals surface area (Å²) < 4.78 is 38.5. The van der Waals surface area contributed by atoms with Crippen molar-refractivity contribution in [3.05, 3.63) is 23.8 Å². The van der Waals surface area contributed by atoms with Crippen LogP contribution in [-0.2, 0) is 19.6 Å². The molecule has 172 valence electrons. The standard InChI is InChI=1S/C22H32N2O6S/c1-15-11-16(2)14-24(13-15)31(27,28)20-12-18(5-6-19(20)29-3)21(25)23-9-7-17(8-10-23)22(26)30-4/h5-6,12,15-17H,7-11,13-14H2,1-4H3. The highest BCUT2D eigenvalue weighted by Gasteiger charge is 2.35. The molecule has 3 rings (SSSR count). The van der Waals surface area contributed by atoms with Gasteiger partial charge in [-0.3, -0.25) is 9.59 Å². The van der Waals surface area contributed by atoms with Gasteiger partial charge in [0.15, 0.2) is 0 Å². The van der Waals surface area contributed by atoms with E-state index in [2.05, 4.69) is 0 Å². The monoisotopic (exact) mass is 452 g/mol. The number of piperidine rings is 2. The first kappa shape index (κ1) is 23.5. The Morgan fingerprint density at radius 3 is 2.19 bits per heavy atom.